The fourth-order valence-electron chi connectivity index (χ4n) is 6.20. The molecular formula is C20H27N3O5. The highest BCUT2D eigenvalue weighted by Gasteiger charge is 2.53. The first-order valence-electron chi connectivity index (χ1n) is 10.0. The number of hydrogen-bond donors (Lipinski definition) is 1. The minimum absolute atomic E-state index is 0.0497. The first-order chi connectivity index (χ1) is 13.3. The number of carbonyl (C=O) groups is 2. The number of rotatable bonds is 6. The standard InChI is InChI=1S/C20H27N3O5/c1-12(20-7-13-3-14(8-20)5-15(4-13)9-20)21-18(24)11-28-19(25)17-6-16(23(26)27)10-22(17)2/h6,10,12-15H,3-5,7-9,11H2,1-2H3,(H,21,24)/t12-,13?,14?,15?,20?/m0/s1. The zero-order valence-corrected chi connectivity index (χ0v) is 16.3. The van der Waals surface area contributed by atoms with Crippen LogP contribution >= 0.6 is 0 Å². The molecule has 28 heavy (non-hydrogen) atoms. The number of aryl methyl sites for hydroxylation is 1. The molecule has 0 spiro atoms. The van der Waals surface area contributed by atoms with E-state index in [1.54, 1.807) is 0 Å². The van der Waals surface area contributed by atoms with Crippen LogP contribution in [-0.4, -0.2) is 34.0 Å². The minimum atomic E-state index is -0.742. The fraction of sp³-hybridized carbons (Fsp3) is 0.700. The molecule has 5 rings (SSSR count). The summed E-state index contributed by atoms with van der Waals surface area (Å²) in [6, 6.07) is 1.21. The van der Waals surface area contributed by atoms with Gasteiger partial charge in [0.15, 0.2) is 6.61 Å². The van der Waals surface area contributed by atoms with Gasteiger partial charge in [-0.1, -0.05) is 0 Å². The molecule has 4 aliphatic rings. The SMILES string of the molecule is C[C@H](NC(=O)COC(=O)c1cc([N+](=O)[O-])cn1C)C12CC3CC(CC(C3)C1)C2. The maximum Gasteiger partial charge on any atom is 0.355 e. The summed E-state index contributed by atoms with van der Waals surface area (Å²) in [5, 5.41) is 13.9. The number of nitro groups is 1. The van der Waals surface area contributed by atoms with E-state index in [0.717, 1.165) is 23.8 Å². The number of carbonyl (C=O) groups excluding carboxylic acids is 2. The van der Waals surface area contributed by atoms with Gasteiger partial charge >= 0.3 is 5.97 Å². The summed E-state index contributed by atoms with van der Waals surface area (Å²) in [6.07, 6.45) is 8.85. The van der Waals surface area contributed by atoms with Gasteiger partial charge in [-0.2, -0.15) is 0 Å². The van der Waals surface area contributed by atoms with Crippen molar-refractivity contribution in [3.05, 3.63) is 28.1 Å². The van der Waals surface area contributed by atoms with Gasteiger partial charge < -0.3 is 14.6 Å². The fourth-order valence-corrected chi connectivity index (χ4v) is 6.20. The van der Waals surface area contributed by atoms with Crippen molar-refractivity contribution in [2.45, 2.75) is 51.5 Å². The Hall–Kier alpha value is -2.38. The van der Waals surface area contributed by atoms with E-state index in [0.29, 0.717) is 0 Å². The van der Waals surface area contributed by atoms with Crippen LogP contribution in [0.25, 0.3) is 0 Å². The average molecular weight is 389 g/mol. The Morgan fingerprint density at radius 3 is 2.36 bits per heavy atom. The largest absolute Gasteiger partial charge is 0.451 e. The third kappa shape index (κ3) is 3.40. The molecule has 1 aromatic heterocycles. The van der Waals surface area contributed by atoms with Gasteiger partial charge in [-0.3, -0.25) is 14.9 Å². The Morgan fingerprint density at radius 1 is 1.29 bits per heavy atom. The number of hydrogen-bond acceptors (Lipinski definition) is 5. The number of nitrogens with one attached hydrogen (secondary N) is 1. The van der Waals surface area contributed by atoms with Gasteiger partial charge in [0.05, 0.1) is 11.1 Å². The van der Waals surface area contributed by atoms with E-state index in [9.17, 15) is 19.7 Å². The van der Waals surface area contributed by atoms with E-state index < -0.39 is 10.9 Å². The Bertz CT molecular complexity index is 779. The molecule has 1 amide bonds. The molecule has 152 valence electrons. The molecule has 8 heteroatoms. The number of esters is 1. The molecule has 0 radical (unpaired) electrons. The van der Waals surface area contributed by atoms with Crippen LogP contribution in [0.4, 0.5) is 5.69 Å². The predicted molar refractivity (Wildman–Crippen MR) is 101 cm³/mol. The van der Waals surface area contributed by atoms with E-state index in [2.05, 4.69) is 12.2 Å². The van der Waals surface area contributed by atoms with Crippen LogP contribution in [0, 0.1) is 33.3 Å². The topological polar surface area (TPSA) is 103 Å². The first kappa shape index (κ1) is 19.0. The Labute approximate surface area is 163 Å². The van der Waals surface area contributed by atoms with Crippen molar-refractivity contribution < 1.29 is 19.2 Å². The lowest BCUT2D eigenvalue weighted by Crippen LogP contribution is -2.56. The minimum Gasteiger partial charge on any atom is -0.451 e. The van der Waals surface area contributed by atoms with Crippen LogP contribution in [0.2, 0.25) is 0 Å². The molecule has 0 aliphatic heterocycles. The number of amides is 1. The van der Waals surface area contributed by atoms with Crippen molar-refractivity contribution in [1.29, 1.82) is 0 Å². The van der Waals surface area contributed by atoms with Crippen molar-refractivity contribution in [2.75, 3.05) is 6.61 Å². The van der Waals surface area contributed by atoms with Crippen molar-refractivity contribution in [1.82, 2.24) is 9.88 Å². The lowest BCUT2D eigenvalue weighted by Gasteiger charge is -2.59. The zero-order chi connectivity index (χ0) is 20.1. The summed E-state index contributed by atoms with van der Waals surface area (Å²) < 4.78 is 6.42. The van der Waals surface area contributed by atoms with Crippen molar-refractivity contribution >= 4 is 17.6 Å². The summed E-state index contributed by atoms with van der Waals surface area (Å²) in [7, 11) is 1.53. The summed E-state index contributed by atoms with van der Waals surface area (Å²) in [5.74, 6) is 1.35. The molecule has 4 fully saturated rings. The molecule has 4 bridgehead atoms. The number of nitrogens with zero attached hydrogens (tertiary/aromatic N) is 2. The quantitative estimate of drug-likeness (QED) is 0.458. The van der Waals surface area contributed by atoms with E-state index in [-0.39, 0.29) is 35.4 Å². The molecule has 4 aliphatic carbocycles. The second kappa shape index (κ2) is 6.90. The highest BCUT2D eigenvalue weighted by atomic mass is 16.6. The number of aromatic nitrogens is 1. The van der Waals surface area contributed by atoms with Crippen LogP contribution in [-0.2, 0) is 16.6 Å². The average Bonchev–Trinajstić information content (AvgIpc) is 3.00. The van der Waals surface area contributed by atoms with Crippen LogP contribution in [0.3, 0.4) is 0 Å². The van der Waals surface area contributed by atoms with E-state index in [4.69, 9.17) is 4.74 Å². The summed E-state index contributed by atoms with van der Waals surface area (Å²) in [6.45, 7) is 1.70. The molecule has 0 aromatic carbocycles. The highest BCUT2D eigenvalue weighted by molar-refractivity contribution is 5.90. The monoisotopic (exact) mass is 389 g/mol. The van der Waals surface area contributed by atoms with Gasteiger partial charge in [-0.15, -0.1) is 0 Å². The second-order valence-electron chi connectivity index (χ2n) is 9.10. The van der Waals surface area contributed by atoms with E-state index in [1.165, 1.54) is 56.3 Å². The van der Waals surface area contributed by atoms with Gasteiger partial charge in [0, 0.05) is 19.2 Å². The summed E-state index contributed by atoms with van der Waals surface area (Å²) in [5.41, 5.74) is 0.0515. The molecule has 8 nitrogen and oxygen atoms in total. The maximum atomic E-state index is 12.4. The molecule has 4 saturated carbocycles. The Kier molecular flexibility index (Phi) is 4.67. The van der Waals surface area contributed by atoms with Gasteiger partial charge in [-0.05, 0) is 68.6 Å². The molecule has 1 N–H and O–H groups in total. The second-order valence-corrected chi connectivity index (χ2v) is 9.10. The third-order valence-corrected chi connectivity index (χ3v) is 7.13. The summed E-state index contributed by atoms with van der Waals surface area (Å²) >= 11 is 0. The van der Waals surface area contributed by atoms with E-state index in [1.807, 2.05) is 0 Å². The molecular weight excluding hydrogens is 362 g/mol. The lowest BCUT2D eigenvalue weighted by molar-refractivity contribution is -0.384. The first-order valence-corrected chi connectivity index (χ1v) is 10.0. The lowest BCUT2D eigenvalue weighted by atomic mass is 9.48. The van der Waals surface area contributed by atoms with Gasteiger partial charge in [0.2, 0.25) is 0 Å². The summed E-state index contributed by atoms with van der Waals surface area (Å²) in [4.78, 5) is 34.8. The van der Waals surface area contributed by atoms with Gasteiger partial charge in [0.25, 0.3) is 11.6 Å². The van der Waals surface area contributed by atoms with Crippen molar-refractivity contribution in [3.63, 3.8) is 0 Å². The van der Waals surface area contributed by atoms with Crippen molar-refractivity contribution in [3.8, 4) is 0 Å². The Morgan fingerprint density at radius 2 is 1.86 bits per heavy atom. The van der Waals surface area contributed by atoms with Crippen LogP contribution in [0.5, 0.6) is 0 Å². The molecule has 0 saturated heterocycles. The number of ether oxygens (including phenoxy) is 1. The van der Waals surface area contributed by atoms with Crippen molar-refractivity contribution in [2.24, 2.45) is 30.2 Å². The van der Waals surface area contributed by atoms with Gasteiger partial charge in [0.1, 0.15) is 5.69 Å². The smallest absolute Gasteiger partial charge is 0.355 e. The van der Waals surface area contributed by atoms with Crippen LogP contribution in [0.15, 0.2) is 12.3 Å². The third-order valence-electron chi connectivity index (χ3n) is 7.13. The zero-order valence-electron chi connectivity index (χ0n) is 16.3. The van der Waals surface area contributed by atoms with Crippen LogP contribution < -0.4 is 5.32 Å². The molecule has 1 atom stereocenters. The maximum absolute atomic E-state index is 12.4. The molecule has 0 unspecified atom stereocenters. The Balaban J connectivity index is 1.32. The molecule has 1 aromatic rings. The normalized spacial score (nSPS) is 31.4. The predicted octanol–water partition coefficient (Wildman–Crippen LogP) is 2.81. The van der Waals surface area contributed by atoms with E-state index >= 15 is 0 Å². The van der Waals surface area contributed by atoms with Crippen LogP contribution in [0.1, 0.15) is 55.9 Å². The molecule has 1 heterocycles. The highest BCUT2D eigenvalue weighted by Crippen LogP contribution is 2.61. The van der Waals surface area contributed by atoms with Gasteiger partial charge in [-0.25, -0.2) is 4.79 Å².